The van der Waals surface area contributed by atoms with E-state index in [4.69, 9.17) is 4.74 Å². The molecular weight excluding hydrogens is 556 g/mol. The molecule has 1 aromatic heterocycles. The second kappa shape index (κ2) is 14.3. The SMILES string of the molecule is CC(C)(C)OC(=O)N1CCCC(c2ccc(Nc3ncc(C(F)(F)F)c(CCc4ccccc4CC(=O)[O-])n3)cc2)C1.[Li+]. The molecular formula is C31H34F3LiN4O4. The number of carboxylic acids is 1. The molecule has 1 amide bonds. The first-order valence-corrected chi connectivity index (χ1v) is 13.8. The van der Waals surface area contributed by atoms with Crippen molar-refractivity contribution in [2.75, 3.05) is 18.4 Å². The summed E-state index contributed by atoms with van der Waals surface area (Å²) in [6.45, 7) is 6.68. The average molecular weight is 591 g/mol. The number of hydrogen-bond acceptors (Lipinski definition) is 7. The number of nitrogens with zero attached hydrogens (tertiary/aromatic N) is 3. The number of likely N-dealkylation sites (tertiary alicyclic amines) is 1. The molecule has 2 aromatic carbocycles. The van der Waals surface area contributed by atoms with Gasteiger partial charge in [0.25, 0.3) is 0 Å². The molecule has 0 bridgehead atoms. The molecule has 1 aliphatic rings. The number of anilines is 2. The molecule has 224 valence electrons. The van der Waals surface area contributed by atoms with Crippen molar-refractivity contribution in [1.82, 2.24) is 14.9 Å². The number of alkyl halides is 3. The molecule has 0 aliphatic carbocycles. The monoisotopic (exact) mass is 590 g/mol. The quantitative estimate of drug-likeness (QED) is 0.402. The van der Waals surface area contributed by atoms with Crippen LogP contribution in [0.4, 0.5) is 29.6 Å². The van der Waals surface area contributed by atoms with Crippen molar-refractivity contribution in [2.24, 2.45) is 0 Å². The van der Waals surface area contributed by atoms with E-state index in [1.165, 1.54) is 0 Å². The smallest absolute Gasteiger partial charge is 0.550 e. The Kier molecular flexibility index (Phi) is 11.3. The van der Waals surface area contributed by atoms with Crippen molar-refractivity contribution in [3.05, 3.63) is 82.7 Å². The van der Waals surface area contributed by atoms with Gasteiger partial charge in [0.15, 0.2) is 0 Å². The molecule has 2 heterocycles. The predicted molar refractivity (Wildman–Crippen MR) is 149 cm³/mol. The van der Waals surface area contributed by atoms with Crippen molar-refractivity contribution < 1.29 is 51.5 Å². The van der Waals surface area contributed by atoms with E-state index < -0.39 is 23.3 Å². The molecule has 12 heteroatoms. The topological polar surface area (TPSA) is 107 Å². The van der Waals surface area contributed by atoms with E-state index in [2.05, 4.69) is 15.3 Å². The Morgan fingerprint density at radius 1 is 1.05 bits per heavy atom. The largest absolute Gasteiger partial charge is 1.00 e. The number of aryl methyl sites for hydroxylation is 2. The zero-order valence-corrected chi connectivity index (χ0v) is 24.8. The molecule has 1 unspecified atom stereocenters. The number of benzene rings is 2. The van der Waals surface area contributed by atoms with Gasteiger partial charge in [-0.1, -0.05) is 36.4 Å². The standard InChI is InChI=1S/C31H35F3N4O4.Li/c1-30(2,3)42-29(41)38-16-6-9-23(19-38)21-10-13-24(14-11-21)36-28-35-18-25(31(32,33)34)26(37-28)15-12-20-7-4-5-8-22(20)17-27(39)40;/h4-5,7-8,10-11,13-14,18,23H,6,9,12,15-17,19H2,1-3H3,(H,39,40)(H,35,36,37);/q;+1/p-1. The van der Waals surface area contributed by atoms with Gasteiger partial charge < -0.3 is 24.9 Å². The summed E-state index contributed by atoms with van der Waals surface area (Å²) < 4.78 is 46.8. The van der Waals surface area contributed by atoms with Crippen LogP contribution >= 0.6 is 0 Å². The van der Waals surface area contributed by atoms with Crippen LogP contribution in [0, 0.1) is 0 Å². The molecule has 0 spiro atoms. The van der Waals surface area contributed by atoms with E-state index in [1.807, 2.05) is 32.9 Å². The number of carbonyl (C=O) groups is 2. The van der Waals surface area contributed by atoms with Crippen LogP contribution in [-0.4, -0.2) is 45.6 Å². The summed E-state index contributed by atoms with van der Waals surface area (Å²) in [4.78, 5) is 33.4. The number of aliphatic carboxylic acids is 1. The van der Waals surface area contributed by atoms with Crippen molar-refractivity contribution >= 4 is 23.7 Å². The van der Waals surface area contributed by atoms with Crippen molar-refractivity contribution in [3.8, 4) is 0 Å². The van der Waals surface area contributed by atoms with Gasteiger partial charge in [0.1, 0.15) is 5.60 Å². The van der Waals surface area contributed by atoms with E-state index in [9.17, 15) is 27.9 Å². The molecule has 1 saturated heterocycles. The number of carbonyl (C=O) groups excluding carboxylic acids is 2. The van der Waals surface area contributed by atoms with Gasteiger partial charge in [0.2, 0.25) is 5.95 Å². The summed E-state index contributed by atoms with van der Waals surface area (Å²) >= 11 is 0. The number of nitrogens with one attached hydrogen (secondary N) is 1. The van der Waals surface area contributed by atoms with Crippen molar-refractivity contribution in [3.63, 3.8) is 0 Å². The summed E-state index contributed by atoms with van der Waals surface area (Å²) in [7, 11) is 0. The van der Waals surface area contributed by atoms with Crippen LogP contribution in [-0.2, 0) is 35.0 Å². The van der Waals surface area contributed by atoms with E-state index in [0.717, 1.165) is 24.6 Å². The van der Waals surface area contributed by atoms with Gasteiger partial charge in [-0.2, -0.15) is 13.2 Å². The maximum Gasteiger partial charge on any atom is 1.00 e. The molecule has 4 rings (SSSR count). The van der Waals surface area contributed by atoms with Crippen LogP contribution < -0.4 is 29.3 Å². The first kappa shape index (κ1) is 33.9. The molecule has 0 saturated carbocycles. The van der Waals surface area contributed by atoms with Gasteiger partial charge in [-0.3, -0.25) is 0 Å². The minimum atomic E-state index is -4.65. The zero-order chi connectivity index (χ0) is 30.5. The summed E-state index contributed by atoms with van der Waals surface area (Å²) in [5, 5.41) is 14.1. The third kappa shape index (κ3) is 9.73. The maximum absolute atomic E-state index is 13.7. The maximum atomic E-state index is 13.7. The van der Waals surface area contributed by atoms with Crippen LogP contribution in [0.3, 0.4) is 0 Å². The molecule has 1 aliphatic heterocycles. The van der Waals surface area contributed by atoms with Gasteiger partial charge in [-0.15, -0.1) is 0 Å². The van der Waals surface area contributed by atoms with Crippen molar-refractivity contribution in [2.45, 2.75) is 70.6 Å². The number of rotatable bonds is 8. The molecule has 8 nitrogen and oxygen atoms in total. The predicted octanol–water partition coefficient (Wildman–Crippen LogP) is 2.44. The first-order chi connectivity index (χ1) is 19.8. The minimum absolute atomic E-state index is 0. The van der Waals surface area contributed by atoms with Gasteiger partial charge in [0, 0.05) is 43.3 Å². The molecule has 1 N–H and O–H groups in total. The van der Waals surface area contributed by atoms with Gasteiger partial charge in [-0.05, 0) is 75.3 Å². The summed E-state index contributed by atoms with van der Waals surface area (Å²) in [5.74, 6) is -1.11. The number of piperidine rings is 1. The molecule has 43 heavy (non-hydrogen) atoms. The molecule has 1 fully saturated rings. The Hall–Kier alpha value is -3.55. The fourth-order valence-electron chi connectivity index (χ4n) is 5.00. The number of hydrogen-bond donors (Lipinski definition) is 1. The molecule has 1 atom stereocenters. The molecule has 3 aromatic rings. The number of aromatic nitrogens is 2. The third-order valence-corrected chi connectivity index (χ3v) is 6.97. The van der Waals surface area contributed by atoms with Crippen LogP contribution in [0.5, 0.6) is 0 Å². The van der Waals surface area contributed by atoms with Crippen LogP contribution in [0.15, 0.2) is 54.7 Å². The Balaban J connectivity index is 0.00000506. The summed E-state index contributed by atoms with van der Waals surface area (Å²) in [6, 6.07) is 14.1. The molecule has 0 radical (unpaired) electrons. The fraction of sp³-hybridized carbons (Fsp3) is 0.419. The van der Waals surface area contributed by atoms with E-state index in [1.54, 1.807) is 41.3 Å². The average Bonchev–Trinajstić information content (AvgIpc) is 2.91. The second-order valence-electron chi connectivity index (χ2n) is 11.4. The Labute approximate surface area is 261 Å². The van der Waals surface area contributed by atoms with Crippen LogP contribution in [0.1, 0.15) is 67.5 Å². The number of ether oxygens (including phenoxy) is 1. The van der Waals surface area contributed by atoms with Gasteiger partial charge >= 0.3 is 31.1 Å². The van der Waals surface area contributed by atoms with Crippen LogP contribution in [0.25, 0.3) is 0 Å². The van der Waals surface area contributed by atoms with Gasteiger partial charge in [-0.25, -0.2) is 14.8 Å². The number of carboxylic acid groups (broad SMARTS) is 1. The zero-order valence-electron chi connectivity index (χ0n) is 24.8. The van der Waals surface area contributed by atoms with Crippen molar-refractivity contribution in [1.29, 1.82) is 0 Å². The Bertz CT molecular complexity index is 1410. The van der Waals surface area contributed by atoms with E-state index in [0.29, 0.717) is 29.9 Å². The van der Waals surface area contributed by atoms with Crippen LogP contribution in [0.2, 0.25) is 0 Å². The second-order valence-corrected chi connectivity index (χ2v) is 11.4. The summed E-state index contributed by atoms with van der Waals surface area (Å²) in [6.07, 6.45) is -2.66. The minimum Gasteiger partial charge on any atom is -0.550 e. The Morgan fingerprint density at radius 2 is 1.72 bits per heavy atom. The normalized spacial score (nSPS) is 15.4. The van der Waals surface area contributed by atoms with Gasteiger partial charge in [0.05, 0.1) is 11.3 Å². The first-order valence-electron chi connectivity index (χ1n) is 13.8. The van der Waals surface area contributed by atoms with E-state index in [-0.39, 0.29) is 61.8 Å². The number of amides is 1. The summed E-state index contributed by atoms with van der Waals surface area (Å²) in [5.41, 5.74) is 1.05. The number of halogens is 3. The third-order valence-electron chi connectivity index (χ3n) is 6.97. The van der Waals surface area contributed by atoms with E-state index >= 15 is 0 Å². The fourth-order valence-corrected chi connectivity index (χ4v) is 5.00. The Morgan fingerprint density at radius 3 is 2.35 bits per heavy atom.